The Bertz CT molecular complexity index is 3280. The fourth-order valence-corrected chi connectivity index (χ4v) is 10.1. The lowest BCUT2D eigenvalue weighted by molar-refractivity contribution is 0.436. The molecule has 2 nitrogen and oxygen atoms in total. The highest BCUT2D eigenvalue weighted by Gasteiger charge is 2.51. The van der Waals surface area contributed by atoms with Crippen LogP contribution in [0.1, 0.15) is 22.3 Å². The van der Waals surface area contributed by atoms with Crippen LogP contribution < -0.4 is 9.64 Å². The minimum Gasteiger partial charge on any atom is -0.457 e. The van der Waals surface area contributed by atoms with E-state index < -0.39 is 5.41 Å². The summed E-state index contributed by atoms with van der Waals surface area (Å²) in [5, 5.41) is 2.41. The molecule has 10 aromatic rings. The summed E-state index contributed by atoms with van der Waals surface area (Å²) in [5.74, 6) is 1.74. The van der Waals surface area contributed by atoms with E-state index in [4.69, 9.17) is 4.74 Å². The third kappa shape index (κ3) is 5.50. The van der Waals surface area contributed by atoms with Crippen molar-refractivity contribution in [2.45, 2.75) is 5.41 Å². The zero-order valence-electron chi connectivity index (χ0n) is 33.4. The van der Waals surface area contributed by atoms with Crippen molar-refractivity contribution in [3.8, 4) is 56.0 Å². The number of anilines is 3. The number of nitrogens with zero attached hydrogens (tertiary/aromatic N) is 1. The zero-order chi connectivity index (χ0) is 40.3. The average molecular weight is 778 g/mol. The molecule has 10 aromatic carbocycles. The fraction of sp³-hybridized carbons (Fsp3) is 0.0169. The number of hydrogen-bond acceptors (Lipinski definition) is 2. The maximum Gasteiger partial charge on any atom is 0.132 e. The van der Waals surface area contributed by atoms with Crippen LogP contribution in [-0.4, -0.2) is 0 Å². The molecule has 0 N–H and O–H groups in total. The Morgan fingerprint density at radius 1 is 0.295 bits per heavy atom. The Labute approximate surface area is 356 Å². The van der Waals surface area contributed by atoms with Gasteiger partial charge in [0.25, 0.3) is 0 Å². The topological polar surface area (TPSA) is 12.5 Å². The molecule has 0 aromatic heterocycles. The molecule has 0 fully saturated rings. The summed E-state index contributed by atoms with van der Waals surface area (Å²) >= 11 is 0. The van der Waals surface area contributed by atoms with Crippen LogP contribution in [0.5, 0.6) is 11.5 Å². The standard InChI is InChI=1S/C59H39NO/c1-4-19-41(20-5-1)47-26-13-16-30-56(47)60(45-33-32-40-18-10-11-25-44(40)36-45)46-34-35-49-48-27-12-14-28-52(48)59(54(49)37-46)53-29-15-17-31-57(53)61-58-39-51(43-23-8-3-9-24-43)50(38-55(58)59)42-21-6-2-7-22-42/h1-39H. The summed E-state index contributed by atoms with van der Waals surface area (Å²) in [6.45, 7) is 0. The smallest absolute Gasteiger partial charge is 0.132 e. The average Bonchev–Trinajstić information content (AvgIpc) is 3.62. The third-order valence-corrected chi connectivity index (χ3v) is 12.7. The van der Waals surface area contributed by atoms with E-state index >= 15 is 0 Å². The molecule has 61 heavy (non-hydrogen) atoms. The van der Waals surface area contributed by atoms with Crippen molar-refractivity contribution in [2.75, 3.05) is 4.90 Å². The van der Waals surface area contributed by atoms with E-state index in [2.05, 4.69) is 241 Å². The molecule has 286 valence electrons. The molecule has 12 rings (SSSR count). The number of rotatable bonds is 6. The van der Waals surface area contributed by atoms with E-state index in [1.54, 1.807) is 0 Å². The molecular formula is C59H39NO. The molecule has 1 atom stereocenters. The SMILES string of the molecule is c1ccc(-c2cc3c(cc2-c2ccccc2)C2(c4ccccc4O3)c3ccccc3-c3ccc(N(c4ccc5ccccc5c4)c4ccccc4-c4ccccc4)cc32)cc1. The largest absolute Gasteiger partial charge is 0.457 e. The number of fused-ring (bicyclic) bond motifs is 10. The van der Waals surface area contributed by atoms with Crippen LogP contribution in [-0.2, 0) is 5.41 Å². The van der Waals surface area contributed by atoms with E-state index in [9.17, 15) is 0 Å². The lowest BCUT2D eigenvalue weighted by Crippen LogP contribution is -2.32. The number of ether oxygens (including phenoxy) is 1. The van der Waals surface area contributed by atoms with Crippen molar-refractivity contribution >= 4 is 27.8 Å². The lowest BCUT2D eigenvalue weighted by atomic mass is 9.65. The second-order valence-corrected chi connectivity index (χ2v) is 16.0. The van der Waals surface area contributed by atoms with Crippen LogP contribution in [0.2, 0.25) is 0 Å². The number of hydrogen-bond donors (Lipinski definition) is 0. The van der Waals surface area contributed by atoms with Gasteiger partial charge in [0, 0.05) is 28.1 Å². The second kappa shape index (κ2) is 14.1. The van der Waals surface area contributed by atoms with Crippen LogP contribution in [0.25, 0.3) is 55.3 Å². The van der Waals surface area contributed by atoms with Crippen LogP contribution in [0.4, 0.5) is 17.1 Å². The molecule has 1 aliphatic carbocycles. The van der Waals surface area contributed by atoms with E-state index in [1.165, 1.54) is 49.7 Å². The van der Waals surface area contributed by atoms with E-state index in [1.807, 2.05) is 0 Å². The quantitative estimate of drug-likeness (QED) is 0.167. The minimum absolute atomic E-state index is 0.682. The molecule has 2 aliphatic rings. The molecule has 1 heterocycles. The molecule has 0 amide bonds. The highest BCUT2D eigenvalue weighted by Crippen LogP contribution is 2.64. The second-order valence-electron chi connectivity index (χ2n) is 16.0. The van der Waals surface area contributed by atoms with Gasteiger partial charge in [0.2, 0.25) is 0 Å². The first-order valence-corrected chi connectivity index (χ1v) is 21.0. The van der Waals surface area contributed by atoms with Crippen LogP contribution in [0.15, 0.2) is 237 Å². The summed E-state index contributed by atoms with van der Waals surface area (Å²) in [5.41, 5.74) is 16.8. The van der Waals surface area contributed by atoms with Crippen LogP contribution in [0, 0.1) is 0 Å². The van der Waals surface area contributed by atoms with Crippen molar-refractivity contribution in [2.24, 2.45) is 0 Å². The third-order valence-electron chi connectivity index (χ3n) is 12.7. The molecule has 1 unspecified atom stereocenters. The maximum atomic E-state index is 7.06. The van der Waals surface area contributed by atoms with Crippen molar-refractivity contribution in [3.63, 3.8) is 0 Å². The van der Waals surface area contributed by atoms with Crippen molar-refractivity contribution in [3.05, 3.63) is 259 Å². The van der Waals surface area contributed by atoms with Gasteiger partial charge in [0.15, 0.2) is 0 Å². The Balaban J connectivity index is 1.17. The van der Waals surface area contributed by atoms with Gasteiger partial charge in [-0.05, 0) is 109 Å². The minimum atomic E-state index is -0.682. The maximum absolute atomic E-state index is 7.06. The Morgan fingerprint density at radius 2 is 0.820 bits per heavy atom. The number of para-hydroxylation sites is 2. The summed E-state index contributed by atoms with van der Waals surface area (Å²) in [4.78, 5) is 2.45. The molecular weight excluding hydrogens is 739 g/mol. The Morgan fingerprint density at radius 3 is 1.56 bits per heavy atom. The summed E-state index contributed by atoms with van der Waals surface area (Å²) in [6, 6.07) is 86.0. The summed E-state index contributed by atoms with van der Waals surface area (Å²) < 4.78 is 7.06. The highest BCUT2D eigenvalue weighted by molar-refractivity contribution is 5.97. The van der Waals surface area contributed by atoms with Crippen molar-refractivity contribution < 1.29 is 4.74 Å². The van der Waals surface area contributed by atoms with Gasteiger partial charge in [-0.2, -0.15) is 0 Å². The van der Waals surface area contributed by atoms with Crippen molar-refractivity contribution in [1.82, 2.24) is 0 Å². The van der Waals surface area contributed by atoms with Gasteiger partial charge in [-0.1, -0.05) is 188 Å². The molecule has 1 aliphatic heterocycles. The summed E-state index contributed by atoms with van der Waals surface area (Å²) in [7, 11) is 0. The first-order chi connectivity index (χ1) is 30.3. The van der Waals surface area contributed by atoms with Gasteiger partial charge in [0.1, 0.15) is 11.5 Å². The van der Waals surface area contributed by atoms with Crippen LogP contribution in [0.3, 0.4) is 0 Å². The summed E-state index contributed by atoms with van der Waals surface area (Å²) in [6.07, 6.45) is 0. The van der Waals surface area contributed by atoms with Gasteiger partial charge in [0.05, 0.1) is 11.1 Å². The van der Waals surface area contributed by atoms with Gasteiger partial charge in [-0.25, -0.2) is 0 Å². The molecule has 0 saturated heterocycles. The molecule has 2 heteroatoms. The van der Waals surface area contributed by atoms with Crippen molar-refractivity contribution in [1.29, 1.82) is 0 Å². The molecule has 0 bridgehead atoms. The zero-order valence-corrected chi connectivity index (χ0v) is 33.4. The first kappa shape index (κ1) is 35.0. The molecule has 0 saturated carbocycles. The lowest BCUT2D eigenvalue weighted by Gasteiger charge is -2.40. The van der Waals surface area contributed by atoms with Gasteiger partial charge in [-0.15, -0.1) is 0 Å². The monoisotopic (exact) mass is 777 g/mol. The molecule has 0 radical (unpaired) electrons. The Hall–Kier alpha value is -7.94. The van der Waals surface area contributed by atoms with E-state index in [0.717, 1.165) is 56.4 Å². The van der Waals surface area contributed by atoms with Gasteiger partial charge in [-0.3, -0.25) is 0 Å². The predicted molar refractivity (Wildman–Crippen MR) is 252 cm³/mol. The Kier molecular flexibility index (Phi) is 8.11. The highest BCUT2D eigenvalue weighted by atomic mass is 16.5. The normalized spacial score (nSPS) is 14.4. The van der Waals surface area contributed by atoms with E-state index in [-0.39, 0.29) is 0 Å². The number of benzene rings is 10. The van der Waals surface area contributed by atoms with Crippen LogP contribution >= 0.6 is 0 Å². The van der Waals surface area contributed by atoms with Gasteiger partial charge >= 0.3 is 0 Å². The molecule has 1 spiro atoms. The van der Waals surface area contributed by atoms with Gasteiger partial charge < -0.3 is 9.64 Å². The first-order valence-electron chi connectivity index (χ1n) is 21.0. The van der Waals surface area contributed by atoms with E-state index in [0.29, 0.717) is 0 Å². The predicted octanol–water partition coefficient (Wildman–Crippen LogP) is 15.8. The fourth-order valence-electron chi connectivity index (χ4n) is 10.1.